The molecule has 2 heterocycles. The van der Waals surface area contributed by atoms with Gasteiger partial charge in [-0.1, -0.05) is 0 Å². The summed E-state index contributed by atoms with van der Waals surface area (Å²) in [6.07, 6.45) is -0.862. The molecule has 0 bridgehead atoms. The first-order valence-corrected chi connectivity index (χ1v) is 7.00. The number of nitrogens with zero attached hydrogens (tertiary/aromatic N) is 1. The third kappa shape index (κ3) is 3.38. The Bertz CT molecular complexity index is 261. The highest BCUT2D eigenvalue weighted by Gasteiger charge is 2.46. The van der Waals surface area contributed by atoms with Crippen LogP contribution >= 0.6 is 0 Å². The van der Waals surface area contributed by atoms with E-state index in [1.165, 1.54) is 0 Å². The molecule has 0 saturated carbocycles. The van der Waals surface area contributed by atoms with Crippen LogP contribution in [0.25, 0.3) is 0 Å². The molecule has 0 aromatic rings. The molecule has 5 heteroatoms. The topological polar surface area (TPSA) is 15.3 Å². The van der Waals surface area contributed by atoms with Crippen LogP contribution in [0.15, 0.2) is 0 Å². The summed E-state index contributed by atoms with van der Waals surface area (Å²) in [6, 6.07) is -0.353. The molecular formula is C13H23F3N2. The van der Waals surface area contributed by atoms with E-state index in [-0.39, 0.29) is 6.04 Å². The fourth-order valence-corrected chi connectivity index (χ4v) is 3.30. The van der Waals surface area contributed by atoms with Crippen molar-refractivity contribution in [2.24, 2.45) is 11.8 Å². The molecule has 2 fully saturated rings. The van der Waals surface area contributed by atoms with E-state index in [1.807, 2.05) is 0 Å². The second kappa shape index (κ2) is 5.78. The highest BCUT2D eigenvalue weighted by Crippen LogP contribution is 2.37. The molecule has 0 spiro atoms. The Morgan fingerprint density at radius 3 is 2.44 bits per heavy atom. The lowest BCUT2D eigenvalue weighted by Gasteiger charge is -2.42. The molecule has 0 amide bonds. The first-order chi connectivity index (χ1) is 8.48. The lowest BCUT2D eigenvalue weighted by atomic mass is 9.87. The van der Waals surface area contributed by atoms with Crippen molar-refractivity contribution in [3.05, 3.63) is 0 Å². The number of hydrogen-bond acceptors (Lipinski definition) is 2. The molecule has 2 unspecified atom stereocenters. The van der Waals surface area contributed by atoms with Gasteiger partial charge in [0, 0.05) is 12.6 Å². The van der Waals surface area contributed by atoms with Gasteiger partial charge in [0.15, 0.2) is 0 Å². The highest BCUT2D eigenvalue weighted by atomic mass is 19.4. The van der Waals surface area contributed by atoms with Crippen molar-refractivity contribution in [3.8, 4) is 0 Å². The van der Waals surface area contributed by atoms with E-state index in [0.717, 1.165) is 39.0 Å². The first-order valence-electron chi connectivity index (χ1n) is 7.00. The third-order valence-electron chi connectivity index (χ3n) is 4.49. The van der Waals surface area contributed by atoms with Gasteiger partial charge in [-0.2, -0.15) is 13.2 Å². The van der Waals surface area contributed by atoms with Crippen molar-refractivity contribution in [3.63, 3.8) is 0 Å². The lowest BCUT2D eigenvalue weighted by Crippen LogP contribution is -2.50. The van der Waals surface area contributed by atoms with Gasteiger partial charge in [-0.25, -0.2) is 0 Å². The zero-order chi connectivity index (χ0) is 13.2. The first kappa shape index (κ1) is 14.1. The Labute approximate surface area is 107 Å². The van der Waals surface area contributed by atoms with Gasteiger partial charge in [-0.15, -0.1) is 0 Å². The maximum Gasteiger partial charge on any atom is 0.393 e. The van der Waals surface area contributed by atoms with Crippen LogP contribution in [0.3, 0.4) is 0 Å². The van der Waals surface area contributed by atoms with Crippen LogP contribution < -0.4 is 5.32 Å². The smallest absolute Gasteiger partial charge is 0.317 e. The van der Waals surface area contributed by atoms with Crippen LogP contribution in [0.2, 0.25) is 0 Å². The van der Waals surface area contributed by atoms with Gasteiger partial charge >= 0.3 is 6.18 Å². The molecule has 0 aromatic carbocycles. The predicted molar refractivity (Wildman–Crippen MR) is 65.4 cm³/mol. The molecular weight excluding hydrogens is 241 g/mol. The highest BCUT2D eigenvalue weighted by molar-refractivity contribution is 4.87. The van der Waals surface area contributed by atoms with Crippen molar-refractivity contribution < 1.29 is 13.2 Å². The maximum atomic E-state index is 12.9. The van der Waals surface area contributed by atoms with Crippen molar-refractivity contribution >= 4 is 0 Å². The largest absolute Gasteiger partial charge is 0.393 e. The van der Waals surface area contributed by atoms with Crippen LogP contribution in [0.1, 0.15) is 32.6 Å². The van der Waals surface area contributed by atoms with Crippen molar-refractivity contribution in [1.29, 1.82) is 0 Å². The third-order valence-corrected chi connectivity index (χ3v) is 4.49. The van der Waals surface area contributed by atoms with Gasteiger partial charge in [0.05, 0.1) is 5.92 Å². The van der Waals surface area contributed by atoms with E-state index in [4.69, 9.17) is 0 Å². The summed E-state index contributed by atoms with van der Waals surface area (Å²) >= 11 is 0. The fourth-order valence-electron chi connectivity index (χ4n) is 3.30. The molecule has 2 atom stereocenters. The Morgan fingerprint density at radius 2 is 1.83 bits per heavy atom. The molecule has 106 valence electrons. The maximum absolute atomic E-state index is 12.9. The number of hydrogen-bond donors (Lipinski definition) is 1. The molecule has 0 radical (unpaired) electrons. The average molecular weight is 264 g/mol. The summed E-state index contributed by atoms with van der Waals surface area (Å²) in [4.78, 5) is 2.07. The Balaban J connectivity index is 1.91. The minimum absolute atomic E-state index is 0.299. The molecule has 2 aliphatic heterocycles. The molecule has 18 heavy (non-hydrogen) atoms. The Hall–Kier alpha value is -0.290. The van der Waals surface area contributed by atoms with Crippen molar-refractivity contribution in [2.75, 3.05) is 26.2 Å². The van der Waals surface area contributed by atoms with E-state index in [2.05, 4.69) is 10.2 Å². The minimum Gasteiger partial charge on any atom is -0.317 e. The van der Waals surface area contributed by atoms with Gasteiger partial charge in [-0.3, -0.25) is 4.90 Å². The lowest BCUT2D eigenvalue weighted by molar-refractivity contribution is -0.200. The second-order valence-electron chi connectivity index (χ2n) is 5.72. The van der Waals surface area contributed by atoms with E-state index in [9.17, 15) is 13.2 Å². The van der Waals surface area contributed by atoms with Crippen molar-refractivity contribution in [2.45, 2.75) is 44.8 Å². The van der Waals surface area contributed by atoms with Gasteiger partial charge < -0.3 is 5.32 Å². The number of rotatable bonds is 2. The van der Waals surface area contributed by atoms with Gasteiger partial charge in [0.1, 0.15) is 0 Å². The van der Waals surface area contributed by atoms with Crippen LogP contribution in [0.5, 0.6) is 0 Å². The molecule has 0 aromatic heterocycles. The summed E-state index contributed by atoms with van der Waals surface area (Å²) in [6.45, 7) is 5.44. The van der Waals surface area contributed by atoms with E-state index in [1.54, 1.807) is 6.92 Å². The molecule has 2 nitrogen and oxygen atoms in total. The number of nitrogens with one attached hydrogen (secondary N) is 1. The standard InChI is InChI=1S/C13H23F3N2/c1-10-12(13(14,15)16)3-2-8-18(10)9-11-4-6-17-7-5-11/h10-12,17H,2-9H2,1H3. The Kier molecular flexibility index (Phi) is 4.54. The van der Waals surface area contributed by atoms with E-state index >= 15 is 0 Å². The number of halogens is 3. The van der Waals surface area contributed by atoms with Gasteiger partial charge in [-0.05, 0) is 58.2 Å². The van der Waals surface area contributed by atoms with Crippen LogP contribution in [0, 0.1) is 11.8 Å². The minimum atomic E-state index is -4.04. The number of alkyl halides is 3. The van der Waals surface area contributed by atoms with Crippen LogP contribution in [0.4, 0.5) is 13.2 Å². The molecule has 0 aliphatic carbocycles. The van der Waals surface area contributed by atoms with E-state index in [0.29, 0.717) is 18.8 Å². The monoisotopic (exact) mass is 264 g/mol. The quantitative estimate of drug-likeness (QED) is 0.825. The average Bonchev–Trinajstić information content (AvgIpc) is 2.32. The molecule has 1 N–H and O–H groups in total. The second-order valence-corrected chi connectivity index (χ2v) is 5.72. The SMILES string of the molecule is CC1C(C(F)(F)F)CCCN1CC1CCNCC1. The summed E-state index contributed by atoms with van der Waals surface area (Å²) in [5, 5.41) is 3.30. The zero-order valence-corrected chi connectivity index (χ0v) is 11.0. The number of piperidine rings is 2. The fraction of sp³-hybridized carbons (Fsp3) is 1.00. The summed E-state index contributed by atoms with van der Waals surface area (Å²) in [7, 11) is 0. The zero-order valence-electron chi connectivity index (χ0n) is 11.0. The molecule has 2 rings (SSSR count). The molecule has 2 saturated heterocycles. The van der Waals surface area contributed by atoms with Gasteiger partial charge in [0.25, 0.3) is 0 Å². The van der Waals surface area contributed by atoms with Crippen LogP contribution in [-0.2, 0) is 0 Å². The Morgan fingerprint density at radius 1 is 1.17 bits per heavy atom. The summed E-state index contributed by atoms with van der Waals surface area (Å²) in [5.74, 6) is -0.561. The van der Waals surface area contributed by atoms with Gasteiger partial charge in [0.2, 0.25) is 0 Å². The van der Waals surface area contributed by atoms with Crippen molar-refractivity contribution in [1.82, 2.24) is 10.2 Å². The molecule has 2 aliphatic rings. The summed E-state index contributed by atoms with van der Waals surface area (Å²) in [5.41, 5.74) is 0. The normalized spacial score (nSPS) is 32.7. The van der Waals surface area contributed by atoms with Crippen LogP contribution in [-0.4, -0.2) is 43.3 Å². The number of likely N-dealkylation sites (tertiary alicyclic amines) is 1. The predicted octanol–water partition coefficient (Wildman–Crippen LogP) is 2.65. The summed E-state index contributed by atoms with van der Waals surface area (Å²) < 4.78 is 38.7. The van der Waals surface area contributed by atoms with E-state index < -0.39 is 12.1 Å².